The van der Waals surface area contributed by atoms with Gasteiger partial charge in [-0.3, -0.25) is 0 Å². The second-order valence-electron chi connectivity index (χ2n) is 3.92. The van der Waals surface area contributed by atoms with Crippen molar-refractivity contribution in [2.24, 2.45) is 0 Å². The summed E-state index contributed by atoms with van der Waals surface area (Å²) in [6, 6.07) is 6.49. The van der Waals surface area contributed by atoms with E-state index >= 15 is 0 Å². The number of pyridine rings is 1. The van der Waals surface area contributed by atoms with Crippen LogP contribution in [0, 0.1) is 0 Å². The summed E-state index contributed by atoms with van der Waals surface area (Å²) in [4.78, 5) is 0. The third kappa shape index (κ3) is 1.31. The summed E-state index contributed by atoms with van der Waals surface area (Å²) in [6.45, 7) is 6.59. The molecule has 0 fully saturated rings. The largest absolute Gasteiger partial charge is 0.238 e. The van der Waals surface area contributed by atoms with E-state index in [4.69, 9.17) is 0 Å². The van der Waals surface area contributed by atoms with E-state index < -0.39 is 0 Å². The molecule has 2 rings (SSSR count). The van der Waals surface area contributed by atoms with Crippen molar-refractivity contribution in [3.63, 3.8) is 0 Å². The fourth-order valence-electron chi connectivity index (χ4n) is 1.85. The summed E-state index contributed by atoms with van der Waals surface area (Å²) in [6.07, 6.45) is 2.90. The molecule has 0 N–H and O–H groups in total. The molecule has 0 aromatic carbocycles. The van der Waals surface area contributed by atoms with Gasteiger partial charge in [-0.15, -0.1) is 0 Å². The normalized spacial score (nSPS) is 11.4. The first-order valence-electron chi connectivity index (χ1n) is 5.19. The van der Waals surface area contributed by atoms with Crippen molar-refractivity contribution in [2.45, 2.75) is 33.1 Å². The molecule has 0 saturated heterocycles. The Labute approximate surface area is 84.6 Å². The number of fused-ring (bicyclic) bond motifs is 1. The lowest BCUT2D eigenvalue weighted by Crippen LogP contribution is -2.00. The molecule has 0 radical (unpaired) electrons. The number of rotatable bonds is 2. The first kappa shape index (κ1) is 9.25. The second kappa shape index (κ2) is 3.45. The monoisotopic (exact) mass is 188 g/mol. The smallest absolute Gasteiger partial charge is 0.0699 e. The molecule has 2 aromatic heterocycles. The van der Waals surface area contributed by atoms with Crippen molar-refractivity contribution in [2.75, 3.05) is 0 Å². The highest BCUT2D eigenvalue weighted by Crippen LogP contribution is 2.21. The predicted octanol–water partition coefficient (Wildman–Crippen LogP) is 3.02. The predicted molar refractivity (Wildman–Crippen MR) is 58.7 cm³/mol. The Kier molecular flexibility index (Phi) is 2.28. The fourth-order valence-corrected chi connectivity index (χ4v) is 1.85. The van der Waals surface area contributed by atoms with Crippen LogP contribution in [0.5, 0.6) is 0 Å². The van der Waals surface area contributed by atoms with Crippen molar-refractivity contribution in [1.29, 1.82) is 0 Å². The van der Waals surface area contributed by atoms with Crippen molar-refractivity contribution < 1.29 is 0 Å². The Bertz CT molecular complexity index is 441. The van der Waals surface area contributed by atoms with Gasteiger partial charge in [-0.1, -0.05) is 26.8 Å². The van der Waals surface area contributed by atoms with Crippen molar-refractivity contribution >= 4 is 5.52 Å². The molecular weight excluding hydrogens is 172 g/mol. The Balaban J connectivity index is 2.72. The molecule has 2 heterocycles. The van der Waals surface area contributed by atoms with Gasteiger partial charge in [0.25, 0.3) is 0 Å². The third-order valence-electron chi connectivity index (χ3n) is 2.65. The van der Waals surface area contributed by atoms with Gasteiger partial charge in [-0.25, -0.2) is 4.52 Å². The molecule has 2 nitrogen and oxygen atoms in total. The maximum atomic E-state index is 4.35. The summed E-state index contributed by atoms with van der Waals surface area (Å²) >= 11 is 0. The van der Waals surface area contributed by atoms with Gasteiger partial charge < -0.3 is 0 Å². The minimum Gasteiger partial charge on any atom is -0.238 e. The van der Waals surface area contributed by atoms with Crippen molar-refractivity contribution in [3.8, 4) is 0 Å². The molecule has 14 heavy (non-hydrogen) atoms. The summed E-state index contributed by atoms with van der Waals surface area (Å²) in [5.41, 5.74) is 3.90. The first-order chi connectivity index (χ1) is 6.74. The lowest BCUT2D eigenvalue weighted by molar-refractivity contribution is 0.823. The van der Waals surface area contributed by atoms with E-state index in [1.807, 2.05) is 6.20 Å². The number of hydrogen-bond acceptors (Lipinski definition) is 1. The maximum Gasteiger partial charge on any atom is 0.0699 e. The van der Waals surface area contributed by atoms with Crippen LogP contribution < -0.4 is 0 Å². The highest BCUT2D eigenvalue weighted by Gasteiger charge is 2.07. The average molecular weight is 188 g/mol. The second-order valence-corrected chi connectivity index (χ2v) is 3.92. The van der Waals surface area contributed by atoms with Gasteiger partial charge in [-0.05, 0) is 30.0 Å². The van der Waals surface area contributed by atoms with E-state index in [2.05, 4.69) is 48.6 Å². The molecule has 0 amide bonds. The average Bonchev–Trinajstić information content (AvgIpc) is 2.64. The molecule has 0 bridgehead atoms. The summed E-state index contributed by atoms with van der Waals surface area (Å²) in [7, 11) is 0. The molecule has 0 aliphatic rings. The van der Waals surface area contributed by atoms with Crippen LogP contribution in [0.25, 0.3) is 5.52 Å². The van der Waals surface area contributed by atoms with Crippen LogP contribution in [0.4, 0.5) is 0 Å². The fraction of sp³-hybridized carbons (Fsp3) is 0.417. The van der Waals surface area contributed by atoms with Crippen LogP contribution in [0.15, 0.2) is 24.4 Å². The number of hydrogen-bond donors (Lipinski definition) is 0. The highest BCUT2D eigenvalue weighted by atomic mass is 15.2. The zero-order chi connectivity index (χ0) is 10.1. The molecule has 0 spiro atoms. The Hall–Kier alpha value is -1.31. The van der Waals surface area contributed by atoms with Gasteiger partial charge in [0, 0.05) is 11.9 Å². The Morgan fingerprint density at radius 2 is 2.07 bits per heavy atom. The molecule has 2 heteroatoms. The van der Waals surface area contributed by atoms with Crippen LogP contribution in [0.2, 0.25) is 0 Å². The van der Waals surface area contributed by atoms with Gasteiger partial charge in [0.1, 0.15) is 0 Å². The minimum absolute atomic E-state index is 0.556. The van der Waals surface area contributed by atoms with E-state index in [1.165, 1.54) is 16.8 Å². The van der Waals surface area contributed by atoms with E-state index in [9.17, 15) is 0 Å². The molecule has 0 saturated carbocycles. The van der Waals surface area contributed by atoms with Crippen LogP contribution in [-0.2, 0) is 6.42 Å². The van der Waals surface area contributed by atoms with Crippen LogP contribution in [-0.4, -0.2) is 9.61 Å². The molecule has 2 aromatic rings. The number of aromatic nitrogens is 2. The lowest BCUT2D eigenvalue weighted by Gasteiger charge is -2.10. The van der Waals surface area contributed by atoms with Crippen LogP contribution >= 0.6 is 0 Å². The quantitative estimate of drug-likeness (QED) is 0.708. The lowest BCUT2D eigenvalue weighted by atomic mass is 10.0. The SMILES string of the molecule is CCc1ccc(C(C)C)c2ccnn12. The Morgan fingerprint density at radius 1 is 1.29 bits per heavy atom. The maximum absolute atomic E-state index is 4.35. The molecule has 0 atom stereocenters. The minimum atomic E-state index is 0.556. The molecule has 0 aliphatic heterocycles. The van der Waals surface area contributed by atoms with E-state index in [0.717, 1.165) is 6.42 Å². The molecule has 0 aliphatic carbocycles. The van der Waals surface area contributed by atoms with Gasteiger partial charge in [0.05, 0.1) is 5.52 Å². The van der Waals surface area contributed by atoms with Gasteiger partial charge in [0.15, 0.2) is 0 Å². The third-order valence-corrected chi connectivity index (χ3v) is 2.65. The summed E-state index contributed by atoms with van der Waals surface area (Å²) in [5, 5.41) is 4.35. The van der Waals surface area contributed by atoms with Crippen molar-refractivity contribution in [3.05, 3.63) is 35.7 Å². The Morgan fingerprint density at radius 3 is 2.71 bits per heavy atom. The van der Waals surface area contributed by atoms with Crippen LogP contribution in [0.1, 0.15) is 37.9 Å². The van der Waals surface area contributed by atoms with E-state index in [1.54, 1.807) is 0 Å². The van der Waals surface area contributed by atoms with Gasteiger partial charge in [-0.2, -0.15) is 5.10 Å². The molecule has 0 unspecified atom stereocenters. The standard InChI is InChI=1S/C12H16N2/c1-4-10-5-6-11(9(2)3)12-7-8-13-14(10)12/h5-9H,4H2,1-3H3. The molecular formula is C12H16N2. The van der Waals surface area contributed by atoms with Crippen LogP contribution in [0.3, 0.4) is 0 Å². The number of nitrogens with zero attached hydrogens (tertiary/aromatic N) is 2. The highest BCUT2D eigenvalue weighted by molar-refractivity contribution is 5.56. The van der Waals surface area contributed by atoms with Gasteiger partial charge in [0.2, 0.25) is 0 Å². The first-order valence-corrected chi connectivity index (χ1v) is 5.19. The summed E-state index contributed by atoms with van der Waals surface area (Å²) in [5.74, 6) is 0.556. The zero-order valence-corrected chi connectivity index (χ0v) is 8.99. The van der Waals surface area contributed by atoms with Gasteiger partial charge >= 0.3 is 0 Å². The summed E-state index contributed by atoms with van der Waals surface area (Å²) < 4.78 is 2.05. The number of aryl methyl sites for hydroxylation is 1. The zero-order valence-electron chi connectivity index (χ0n) is 8.99. The molecule has 74 valence electrons. The van der Waals surface area contributed by atoms with E-state index in [0.29, 0.717) is 5.92 Å². The topological polar surface area (TPSA) is 17.3 Å². The van der Waals surface area contributed by atoms with Crippen molar-refractivity contribution in [1.82, 2.24) is 9.61 Å². The van der Waals surface area contributed by atoms with E-state index in [-0.39, 0.29) is 0 Å².